The molecular formula is C15H14BrClN2O3S. The predicted octanol–water partition coefficient (Wildman–Crippen LogP) is 3.34. The van der Waals surface area contributed by atoms with Crippen molar-refractivity contribution in [3.63, 3.8) is 0 Å². The summed E-state index contributed by atoms with van der Waals surface area (Å²) in [6.07, 6.45) is 2.06. The Hall–Kier alpha value is -1.15. The van der Waals surface area contributed by atoms with Gasteiger partial charge in [0.2, 0.25) is 15.9 Å². The van der Waals surface area contributed by atoms with Crippen molar-refractivity contribution in [2.75, 3.05) is 13.1 Å². The first-order chi connectivity index (χ1) is 10.9. The molecule has 0 radical (unpaired) electrons. The fourth-order valence-corrected chi connectivity index (χ4v) is 4.41. The maximum Gasteiger partial charge on any atom is 0.243 e. The Kier molecular flexibility index (Phi) is 4.91. The van der Waals surface area contributed by atoms with E-state index >= 15 is 0 Å². The van der Waals surface area contributed by atoms with Gasteiger partial charge in [-0.3, -0.25) is 0 Å². The maximum atomic E-state index is 12.6. The average Bonchev–Trinajstić information content (AvgIpc) is 2.99. The SMILES string of the molecule is O=S(=O)(c1cccc(Cl)c1)N1CCC(Oc2ccc(Br)cn2)C1. The van der Waals surface area contributed by atoms with E-state index in [0.717, 1.165) is 4.47 Å². The minimum atomic E-state index is -3.55. The molecule has 0 aliphatic carbocycles. The molecule has 1 unspecified atom stereocenters. The molecule has 0 saturated carbocycles. The quantitative estimate of drug-likeness (QED) is 0.765. The molecule has 1 aliphatic heterocycles. The molecule has 0 spiro atoms. The summed E-state index contributed by atoms with van der Waals surface area (Å²) in [6.45, 7) is 0.711. The highest BCUT2D eigenvalue weighted by Gasteiger charge is 2.33. The lowest BCUT2D eigenvalue weighted by Crippen LogP contribution is -2.31. The van der Waals surface area contributed by atoms with E-state index in [0.29, 0.717) is 30.4 Å². The van der Waals surface area contributed by atoms with Gasteiger partial charge in [-0.05, 0) is 46.6 Å². The summed E-state index contributed by atoms with van der Waals surface area (Å²) in [5.74, 6) is 0.486. The van der Waals surface area contributed by atoms with Crippen molar-refractivity contribution in [1.29, 1.82) is 0 Å². The number of hydrogen-bond acceptors (Lipinski definition) is 4. The van der Waals surface area contributed by atoms with Gasteiger partial charge in [-0.15, -0.1) is 0 Å². The fourth-order valence-electron chi connectivity index (χ4n) is 2.39. The number of benzene rings is 1. The van der Waals surface area contributed by atoms with Crippen LogP contribution in [0.1, 0.15) is 6.42 Å². The molecule has 1 aliphatic rings. The molecular weight excluding hydrogens is 404 g/mol. The number of sulfonamides is 1. The highest BCUT2D eigenvalue weighted by Crippen LogP contribution is 2.25. The van der Waals surface area contributed by atoms with Crippen molar-refractivity contribution < 1.29 is 13.2 Å². The molecule has 1 aromatic heterocycles. The lowest BCUT2D eigenvalue weighted by molar-refractivity contribution is 0.207. The first-order valence-corrected chi connectivity index (χ1v) is 9.60. The van der Waals surface area contributed by atoms with Crippen molar-refractivity contribution in [3.05, 3.63) is 52.1 Å². The van der Waals surface area contributed by atoms with E-state index in [1.807, 2.05) is 6.07 Å². The summed E-state index contributed by atoms with van der Waals surface area (Å²) in [4.78, 5) is 4.35. The normalized spacial score (nSPS) is 19.0. The second-order valence-corrected chi connectivity index (χ2v) is 8.45. The van der Waals surface area contributed by atoms with E-state index in [9.17, 15) is 8.42 Å². The van der Waals surface area contributed by atoms with Crippen LogP contribution < -0.4 is 4.74 Å². The van der Waals surface area contributed by atoms with Crippen LogP contribution in [-0.4, -0.2) is 36.9 Å². The van der Waals surface area contributed by atoms with Crippen molar-refractivity contribution in [1.82, 2.24) is 9.29 Å². The molecule has 1 fully saturated rings. The maximum absolute atomic E-state index is 12.6. The largest absolute Gasteiger partial charge is 0.473 e. The van der Waals surface area contributed by atoms with Crippen LogP contribution in [-0.2, 0) is 10.0 Å². The molecule has 5 nitrogen and oxygen atoms in total. The fraction of sp³-hybridized carbons (Fsp3) is 0.267. The second kappa shape index (κ2) is 6.76. The zero-order chi connectivity index (χ0) is 16.4. The van der Waals surface area contributed by atoms with E-state index in [1.165, 1.54) is 10.4 Å². The van der Waals surface area contributed by atoms with Crippen LogP contribution in [0.4, 0.5) is 0 Å². The van der Waals surface area contributed by atoms with Crippen molar-refractivity contribution in [3.8, 4) is 5.88 Å². The van der Waals surface area contributed by atoms with Crippen molar-refractivity contribution in [2.45, 2.75) is 17.4 Å². The van der Waals surface area contributed by atoms with Gasteiger partial charge in [-0.2, -0.15) is 4.31 Å². The zero-order valence-corrected chi connectivity index (χ0v) is 15.2. The smallest absolute Gasteiger partial charge is 0.243 e. The third-order valence-corrected chi connectivity index (χ3v) is 6.09. The van der Waals surface area contributed by atoms with Gasteiger partial charge in [0, 0.05) is 28.3 Å². The van der Waals surface area contributed by atoms with Crippen molar-refractivity contribution >= 4 is 37.6 Å². The molecule has 122 valence electrons. The van der Waals surface area contributed by atoms with Crippen LogP contribution in [0.15, 0.2) is 52.0 Å². The van der Waals surface area contributed by atoms with E-state index in [4.69, 9.17) is 16.3 Å². The van der Waals surface area contributed by atoms with E-state index in [-0.39, 0.29) is 11.0 Å². The molecule has 0 bridgehead atoms. The number of nitrogens with zero attached hydrogens (tertiary/aromatic N) is 2. The minimum absolute atomic E-state index is 0.201. The van der Waals surface area contributed by atoms with E-state index in [1.54, 1.807) is 30.5 Å². The highest BCUT2D eigenvalue weighted by molar-refractivity contribution is 9.10. The van der Waals surface area contributed by atoms with Gasteiger partial charge in [0.05, 0.1) is 11.4 Å². The van der Waals surface area contributed by atoms with Crippen LogP contribution in [0.2, 0.25) is 5.02 Å². The zero-order valence-electron chi connectivity index (χ0n) is 12.0. The summed E-state index contributed by atoms with van der Waals surface area (Å²) in [5.41, 5.74) is 0. The molecule has 1 aromatic carbocycles. The molecule has 0 amide bonds. The number of hydrogen-bond donors (Lipinski definition) is 0. The third-order valence-electron chi connectivity index (χ3n) is 3.53. The van der Waals surface area contributed by atoms with Gasteiger partial charge in [-0.25, -0.2) is 13.4 Å². The van der Waals surface area contributed by atoms with E-state index in [2.05, 4.69) is 20.9 Å². The minimum Gasteiger partial charge on any atom is -0.473 e. The van der Waals surface area contributed by atoms with Crippen molar-refractivity contribution in [2.24, 2.45) is 0 Å². The summed E-state index contributed by atoms with van der Waals surface area (Å²) in [6, 6.07) is 9.86. The molecule has 1 atom stereocenters. The lowest BCUT2D eigenvalue weighted by Gasteiger charge is -2.17. The Balaban J connectivity index is 1.70. The number of pyridine rings is 1. The Morgan fingerprint density at radius 2 is 2.13 bits per heavy atom. The van der Waals surface area contributed by atoms with Crippen LogP contribution in [0.25, 0.3) is 0 Å². The number of ether oxygens (including phenoxy) is 1. The molecule has 2 heterocycles. The Bertz CT molecular complexity index is 799. The Morgan fingerprint density at radius 3 is 2.83 bits per heavy atom. The highest BCUT2D eigenvalue weighted by atomic mass is 79.9. The van der Waals surface area contributed by atoms with Gasteiger partial charge in [0.1, 0.15) is 6.10 Å². The number of halogens is 2. The second-order valence-electron chi connectivity index (χ2n) is 5.16. The first kappa shape index (κ1) is 16.7. The lowest BCUT2D eigenvalue weighted by atomic mass is 10.3. The van der Waals surface area contributed by atoms with Gasteiger partial charge < -0.3 is 4.74 Å². The van der Waals surface area contributed by atoms with Crippen LogP contribution >= 0.6 is 27.5 Å². The molecule has 2 aromatic rings. The Labute approximate surface area is 148 Å². The first-order valence-electron chi connectivity index (χ1n) is 6.99. The van der Waals surface area contributed by atoms with Crippen LogP contribution in [0.3, 0.4) is 0 Å². The summed E-state index contributed by atoms with van der Waals surface area (Å²) in [5, 5.41) is 0.400. The summed E-state index contributed by atoms with van der Waals surface area (Å²) >= 11 is 9.20. The Morgan fingerprint density at radius 1 is 1.30 bits per heavy atom. The van der Waals surface area contributed by atoms with Crippen LogP contribution in [0, 0.1) is 0 Å². The third kappa shape index (κ3) is 3.85. The topological polar surface area (TPSA) is 59.5 Å². The molecule has 0 N–H and O–H groups in total. The summed E-state index contributed by atoms with van der Waals surface area (Å²) in [7, 11) is -3.55. The number of rotatable bonds is 4. The van der Waals surface area contributed by atoms with Gasteiger partial charge >= 0.3 is 0 Å². The van der Waals surface area contributed by atoms with Gasteiger partial charge in [0.15, 0.2) is 0 Å². The molecule has 23 heavy (non-hydrogen) atoms. The predicted molar refractivity (Wildman–Crippen MR) is 91.2 cm³/mol. The van der Waals surface area contributed by atoms with Gasteiger partial charge in [0.25, 0.3) is 0 Å². The number of aromatic nitrogens is 1. The van der Waals surface area contributed by atoms with E-state index < -0.39 is 10.0 Å². The van der Waals surface area contributed by atoms with Crippen LogP contribution in [0.5, 0.6) is 5.88 Å². The molecule has 3 rings (SSSR count). The standard InChI is InChI=1S/C15H14BrClN2O3S/c16-11-4-5-15(18-9-11)22-13-6-7-19(10-13)23(20,21)14-3-1-2-12(17)8-14/h1-5,8-9,13H,6-7,10H2. The monoisotopic (exact) mass is 416 g/mol. The van der Waals surface area contributed by atoms with Gasteiger partial charge in [-0.1, -0.05) is 17.7 Å². The molecule has 8 heteroatoms. The molecule has 1 saturated heterocycles. The average molecular weight is 418 g/mol. The summed E-state index contributed by atoms with van der Waals surface area (Å²) < 4.78 is 33.3.